The van der Waals surface area contributed by atoms with E-state index in [1.165, 1.54) is 11.1 Å². The molecule has 14 heavy (non-hydrogen) atoms. The summed E-state index contributed by atoms with van der Waals surface area (Å²) >= 11 is 6.18. The highest BCUT2D eigenvalue weighted by Gasteiger charge is 2.25. The van der Waals surface area contributed by atoms with Gasteiger partial charge in [0.25, 0.3) is 0 Å². The van der Waals surface area contributed by atoms with Crippen LogP contribution in [0.15, 0.2) is 36.9 Å². The van der Waals surface area contributed by atoms with E-state index in [0.29, 0.717) is 6.04 Å². The Balaban J connectivity index is 2.21. The van der Waals surface area contributed by atoms with Gasteiger partial charge >= 0.3 is 0 Å². The molecular weight excluding hydrogens is 194 g/mol. The monoisotopic (exact) mass is 207 g/mol. The second kappa shape index (κ2) is 4.16. The number of aryl methyl sites for hydroxylation is 1. The molecule has 2 heteroatoms. The number of hydrogen-bond donors (Lipinski definition) is 0. The molecule has 0 bridgehead atoms. The molecule has 1 atom stereocenters. The van der Waals surface area contributed by atoms with Crippen LogP contribution in [0, 0.1) is 0 Å². The van der Waals surface area contributed by atoms with Gasteiger partial charge in [0.15, 0.2) is 0 Å². The van der Waals surface area contributed by atoms with Crippen LogP contribution in [0.3, 0.4) is 0 Å². The Kier molecular flexibility index (Phi) is 2.90. The van der Waals surface area contributed by atoms with Gasteiger partial charge in [0.2, 0.25) is 0 Å². The van der Waals surface area contributed by atoms with Gasteiger partial charge in [0.05, 0.1) is 6.04 Å². The van der Waals surface area contributed by atoms with E-state index in [9.17, 15) is 0 Å². The van der Waals surface area contributed by atoms with Crippen LogP contribution in [0.2, 0.25) is 0 Å². The Bertz CT molecular complexity index is 335. The molecule has 0 N–H and O–H groups in total. The molecule has 1 nitrogen and oxygen atoms in total. The highest BCUT2D eigenvalue weighted by Crippen LogP contribution is 2.36. The maximum absolute atomic E-state index is 6.18. The predicted molar refractivity (Wildman–Crippen MR) is 60.3 cm³/mol. The summed E-state index contributed by atoms with van der Waals surface area (Å²) < 4.78 is 1.85. The van der Waals surface area contributed by atoms with Gasteiger partial charge in [0.1, 0.15) is 0 Å². The smallest absolute Gasteiger partial charge is 0.0510 e. The average Bonchev–Trinajstić information content (AvgIpc) is 2.61. The summed E-state index contributed by atoms with van der Waals surface area (Å²) in [7, 11) is 0. The van der Waals surface area contributed by atoms with E-state index in [0.717, 1.165) is 19.4 Å². The summed E-state index contributed by atoms with van der Waals surface area (Å²) in [6.45, 7) is 4.44. The van der Waals surface area contributed by atoms with E-state index >= 15 is 0 Å². The molecule has 1 aliphatic rings. The van der Waals surface area contributed by atoms with Crippen LogP contribution in [0.1, 0.15) is 23.6 Å². The molecule has 1 aliphatic carbocycles. The van der Waals surface area contributed by atoms with Crippen molar-refractivity contribution in [2.45, 2.75) is 18.9 Å². The largest absolute Gasteiger partial charge is 0.209 e. The van der Waals surface area contributed by atoms with Gasteiger partial charge in [-0.25, -0.2) is 4.42 Å². The van der Waals surface area contributed by atoms with Gasteiger partial charge in [-0.3, -0.25) is 0 Å². The number of halogens is 1. The van der Waals surface area contributed by atoms with Crippen molar-refractivity contribution in [1.82, 2.24) is 4.42 Å². The molecule has 0 aromatic heterocycles. The molecule has 74 valence electrons. The molecule has 0 radical (unpaired) electrons. The van der Waals surface area contributed by atoms with Crippen LogP contribution < -0.4 is 0 Å². The molecule has 0 saturated carbocycles. The van der Waals surface area contributed by atoms with Crippen molar-refractivity contribution < 1.29 is 0 Å². The van der Waals surface area contributed by atoms with Crippen molar-refractivity contribution in [1.29, 1.82) is 0 Å². The lowest BCUT2D eigenvalue weighted by Crippen LogP contribution is -2.17. The molecule has 1 aromatic rings. The van der Waals surface area contributed by atoms with Crippen LogP contribution in [0.25, 0.3) is 0 Å². The number of nitrogens with zero attached hydrogens (tertiary/aromatic N) is 1. The number of rotatable bonds is 3. The van der Waals surface area contributed by atoms with Gasteiger partial charge in [-0.2, -0.15) is 0 Å². The Morgan fingerprint density at radius 3 is 3.07 bits per heavy atom. The third-order valence-electron chi connectivity index (χ3n) is 2.74. The minimum Gasteiger partial charge on any atom is -0.209 e. The van der Waals surface area contributed by atoms with Crippen LogP contribution in [-0.2, 0) is 6.42 Å². The zero-order chi connectivity index (χ0) is 9.97. The first-order valence-electron chi connectivity index (χ1n) is 4.94. The molecule has 0 fully saturated rings. The molecule has 0 heterocycles. The van der Waals surface area contributed by atoms with Crippen molar-refractivity contribution >= 4 is 11.8 Å². The molecule has 0 saturated heterocycles. The first-order valence-corrected chi connectivity index (χ1v) is 5.28. The summed E-state index contributed by atoms with van der Waals surface area (Å²) in [5.74, 6) is 0. The number of fused-ring (bicyclic) bond motifs is 1. The summed E-state index contributed by atoms with van der Waals surface area (Å²) in [5.41, 5.74) is 2.82. The van der Waals surface area contributed by atoms with Crippen molar-refractivity contribution in [2.75, 3.05) is 6.54 Å². The first-order chi connectivity index (χ1) is 6.83. The minimum absolute atomic E-state index is 0.367. The zero-order valence-corrected chi connectivity index (χ0v) is 8.87. The molecular formula is C12H14ClN. The van der Waals surface area contributed by atoms with Gasteiger partial charge < -0.3 is 0 Å². The zero-order valence-electron chi connectivity index (χ0n) is 8.12. The van der Waals surface area contributed by atoms with Crippen LogP contribution in [-0.4, -0.2) is 11.0 Å². The highest BCUT2D eigenvalue weighted by atomic mass is 35.5. The van der Waals surface area contributed by atoms with E-state index in [1.54, 1.807) is 0 Å². The minimum atomic E-state index is 0.367. The van der Waals surface area contributed by atoms with E-state index in [4.69, 9.17) is 11.8 Å². The molecule has 2 rings (SSSR count). The number of hydrogen-bond acceptors (Lipinski definition) is 1. The Morgan fingerprint density at radius 2 is 2.29 bits per heavy atom. The molecule has 1 aromatic carbocycles. The first kappa shape index (κ1) is 9.75. The average molecular weight is 208 g/mol. The van der Waals surface area contributed by atoms with Crippen LogP contribution in [0.4, 0.5) is 0 Å². The van der Waals surface area contributed by atoms with Crippen LogP contribution in [0.5, 0.6) is 0 Å². The third-order valence-corrected chi connectivity index (χ3v) is 3.12. The van der Waals surface area contributed by atoms with Crippen LogP contribution >= 0.6 is 11.8 Å². The van der Waals surface area contributed by atoms with Crippen molar-refractivity contribution in [3.63, 3.8) is 0 Å². The van der Waals surface area contributed by atoms with Gasteiger partial charge in [0, 0.05) is 6.54 Å². The fourth-order valence-corrected chi connectivity index (χ4v) is 2.38. The maximum atomic E-state index is 6.18. The van der Waals surface area contributed by atoms with E-state index in [1.807, 2.05) is 10.5 Å². The standard InChI is InChI=1S/C12H14ClN/c1-2-9-14(13)12-8-7-10-5-3-4-6-11(10)12/h2-6,12H,1,7-9H2/t12-/m1/s1. The Labute approximate surface area is 90.1 Å². The summed E-state index contributed by atoms with van der Waals surface area (Å²) in [4.78, 5) is 0. The molecule has 0 unspecified atom stereocenters. The Morgan fingerprint density at radius 1 is 1.50 bits per heavy atom. The second-order valence-electron chi connectivity index (χ2n) is 3.62. The SMILES string of the molecule is C=CCN(Cl)[C@@H]1CCc2ccccc21. The Hall–Kier alpha value is -0.790. The predicted octanol–water partition coefficient (Wildman–Crippen LogP) is 3.32. The fourth-order valence-electron chi connectivity index (χ4n) is 2.08. The highest BCUT2D eigenvalue weighted by molar-refractivity contribution is 6.13. The summed E-state index contributed by atoms with van der Waals surface area (Å²) in [5, 5.41) is 0. The molecule has 0 aliphatic heterocycles. The normalized spacial score (nSPS) is 19.7. The van der Waals surface area contributed by atoms with Crippen molar-refractivity contribution in [3.8, 4) is 0 Å². The van der Waals surface area contributed by atoms with Gasteiger partial charge in [-0.05, 0) is 35.7 Å². The lowest BCUT2D eigenvalue weighted by atomic mass is 10.1. The quantitative estimate of drug-likeness (QED) is 0.543. The van der Waals surface area contributed by atoms with Crippen molar-refractivity contribution in [3.05, 3.63) is 48.0 Å². The second-order valence-corrected chi connectivity index (χ2v) is 4.06. The topological polar surface area (TPSA) is 3.24 Å². The third kappa shape index (κ3) is 1.70. The number of benzene rings is 1. The summed E-state index contributed by atoms with van der Waals surface area (Å²) in [6, 6.07) is 8.90. The van der Waals surface area contributed by atoms with E-state index in [-0.39, 0.29) is 0 Å². The lowest BCUT2D eigenvalue weighted by Gasteiger charge is -2.20. The fraction of sp³-hybridized carbons (Fsp3) is 0.333. The molecule has 0 spiro atoms. The van der Waals surface area contributed by atoms with E-state index < -0.39 is 0 Å². The van der Waals surface area contributed by atoms with Crippen molar-refractivity contribution in [2.24, 2.45) is 0 Å². The molecule has 0 amide bonds. The van der Waals surface area contributed by atoms with Gasteiger partial charge in [-0.1, -0.05) is 30.3 Å². The van der Waals surface area contributed by atoms with E-state index in [2.05, 4.69) is 30.8 Å². The lowest BCUT2D eigenvalue weighted by molar-refractivity contribution is 0.374. The van der Waals surface area contributed by atoms with Gasteiger partial charge in [-0.15, -0.1) is 6.58 Å². The maximum Gasteiger partial charge on any atom is 0.0510 e. The summed E-state index contributed by atoms with van der Waals surface area (Å²) in [6.07, 6.45) is 4.10.